The molecule has 0 unspecified atom stereocenters. The van der Waals surface area contributed by atoms with Crippen LogP contribution in [-0.4, -0.2) is 56.2 Å². The van der Waals surface area contributed by atoms with Crippen LogP contribution < -0.4 is 0 Å². The monoisotopic (exact) mass is 462 g/mol. The minimum absolute atomic E-state index is 0.0696. The second kappa shape index (κ2) is 10.2. The van der Waals surface area contributed by atoms with Crippen LogP contribution in [0.2, 0.25) is 0 Å². The summed E-state index contributed by atoms with van der Waals surface area (Å²) in [5.74, 6) is -1.57. The first kappa shape index (κ1) is 23.9. The van der Waals surface area contributed by atoms with Gasteiger partial charge in [0, 0.05) is 26.7 Å². The minimum Gasteiger partial charge on any atom is -0.452 e. The van der Waals surface area contributed by atoms with E-state index in [4.69, 9.17) is 4.74 Å². The fraction of sp³-hybridized carbons (Fsp3) is 0.391. The lowest BCUT2D eigenvalue weighted by Gasteiger charge is -2.26. The maximum absolute atomic E-state index is 13.0. The average molecular weight is 463 g/mol. The standard InChI is InChI=1S/C23H27FN2O5S/c1-17-6-9-19(14-21(17)32(29,30)26-12-4-3-5-13-26)23(28)31-16-22(27)25(2)15-18-7-10-20(24)11-8-18/h6-11,14H,3-5,12-13,15-16H2,1-2H3. The molecule has 1 fully saturated rings. The third-order valence-corrected chi connectivity index (χ3v) is 7.48. The van der Waals surface area contributed by atoms with Crippen LogP contribution in [0.15, 0.2) is 47.4 Å². The minimum atomic E-state index is -3.71. The lowest BCUT2D eigenvalue weighted by atomic mass is 10.1. The number of carbonyl (C=O) groups excluding carboxylic acids is 2. The number of rotatable bonds is 7. The Morgan fingerprint density at radius 1 is 1.06 bits per heavy atom. The number of hydrogen-bond acceptors (Lipinski definition) is 5. The smallest absolute Gasteiger partial charge is 0.338 e. The zero-order valence-corrected chi connectivity index (χ0v) is 19.0. The summed E-state index contributed by atoms with van der Waals surface area (Å²) in [7, 11) is -2.16. The predicted octanol–water partition coefficient (Wildman–Crippen LogP) is 3.12. The Labute approximate surface area is 187 Å². The number of aryl methyl sites for hydroxylation is 1. The van der Waals surface area contributed by atoms with Gasteiger partial charge in [-0.05, 0) is 55.2 Å². The summed E-state index contributed by atoms with van der Waals surface area (Å²) in [5.41, 5.74) is 1.35. The number of halogens is 1. The molecule has 2 aromatic carbocycles. The van der Waals surface area contributed by atoms with E-state index >= 15 is 0 Å². The second-order valence-corrected chi connectivity index (χ2v) is 9.80. The molecule has 3 rings (SSSR count). The molecule has 0 atom stereocenters. The van der Waals surface area contributed by atoms with E-state index in [9.17, 15) is 22.4 Å². The van der Waals surface area contributed by atoms with Crippen LogP contribution in [-0.2, 0) is 26.1 Å². The lowest BCUT2D eigenvalue weighted by Crippen LogP contribution is -2.36. The molecule has 0 radical (unpaired) electrons. The third kappa shape index (κ3) is 5.72. The SMILES string of the molecule is Cc1ccc(C(=O)OCC(=O)N(C)Cc2ccc(F)cc2)cc1S(=O)(=O)N1CCCCC1. The van der Waals surface area contributed by atoms with E-state index in [1.54, 1.807) is 32.2 Å². The van der Waals surface area contributed by atoms with Crippen molar-refractivity contribution in [2.75, 3.05) is 26.7 Å². The van der Waals surface area contributed by atoms with Crippen molar-refractivity contribution < 1.29 is 27.1 Å². The number of nitrogens with zero attached hydrogens (tertiary/aromatic N) is 2. The van der Waals surface area contributed by atoms with Gasteiger partial charge in [-0.15, -0.1) is 0 Å². The largest absolute Gasteiger partial charge is 0.452 e. The molecule has 1 aliphatic heterocycles. The van der Waals surface area contributed by atoms with Crippen LogP contribution in [0, 0.1) is 12.7 Å². The number of piperidine rings is 1. The molecule has 0 N–H and O–H groups in total. The Morgan fingerprint density at radius 2 is 1.72 bits per heavy atom. The van der Waals surface area contributed by atoms with Crippen LogP contribution in [0.3, 0.4) is 0 Å². The van der Waals surface area contributed by atoms with Crippen molar-refractivity contribution in [2.45, 2.75) is 37.6 Å². The van der Waals surface area contributed by atoms with Crippen molar-refractivity contribution >= 4 is 21.9 Å². The molecule has 1 heterocycles. The lowest BCUT2D eigenvalue weighted by molar-refractivity contribution is -0.133. The summed E-state index contributed by atoms with van der Waals surface area (Å²) >= 11 is 0. The summed E-state index contributed by atoms with van der Waals surface area (Å²) in [6.07, 6.45) is 2.63. The molecule has 32 heavy (non-hydrogen) atoms. The van der Waals surface area contributed by atoms with E-state index in [-0.39, 0.29) is 22.8 Å². The molecule has 7 nitrogen and oxygen atoms in total. The van der Waals surface area contributed by atoms with E-state index in [2.05, 4.69) is 0 Å². The van der Waals surface area contributed by atoms with Crippen LogP contribution in [0.25, 0.3) is 0 Å². The highest BCUT2D eigenvalue weighted by molar-refractivity contribution is 7.89. The Kier molecular flexibility index (Phi) is 7.63. The molecule has 0 bridgehead atoms. The number of esters is 1. The van der Waals surface area contributed by atoms with Gasteiger partial charge in [0.2, 0.25) is 10.0 Å². The first-order valence-electron chi connectivity index (χ1n) is 10.4. The first-order chi connectivity index (χ1) is 15.2. The molecule has 9 heteroatoms. The molecule has 1 amide bonds. The quantitative estimate of drug-likeness (QED) is 0.591. The highest BCUT2D eigenvalue weighted by Gasteiger charge is 2.28. The third-order valence-electron chi connectivity index (χ3n) is 5.44. The van der Waals surface area contributed by atoms with Gasteiger partial charge < -0.3 is 9.64 Å². The van der Waals surface area contributed by atoms with Crippen molar-refractivity contribution in [1.29, 1.82) is 0 Å². The fourth-order valence-electron chi connectivity index (χ4n) is 3.52. The molecule has 1 saturated heterocycles. The molecule has 1 aliphatic rings. The van der Waals surface area contributed by atoms with Gasteiger partial charge in [-0.2, -0.15) is 4.31 Å². The molecular formula is C23H27FN2O5S. The van der Waals surface area contributed by atoms with E-state index in [1.165, 1.54) is 33.5 Å². The van der Waals surface area contributed by atoms with Crippen molar-refractivity contribution in [3.63, 3.8) is 0 Å². The first-order valence-corrected chi connectivity index (χ1v) is 11.9. The van der Waals surface area contributed by atoms with E-state index in [1.807, 2.05) is 0 Å². The van der Waals surface area contributed by atoms with Gasteiger partial charge in [-0.25, -0.2) is 17.6 Å². The van der Waals surface area contributed by atoms with E-state index in [0.29, 0.717) is 18.7 Å². The van der Waals surface area contributed by atoms with Crippen molar-refractivity contribution in [2.24, 2.45) is 0 Å². The number of hydrogen-bond donors (Lipinski definition) is 0. The molecule has 0 aromatic heterocycles. The maximum atomic E-state index is 13.0. The number of likely N-dealkylation sites (N-methyl/N-ethyl adjacent to an activating group) is 1. The Morgan fingerprint density at radius 3 is 2.38 bits per heavy atom. The summed E-state index contributed by atoms with van der Waals surface area (Å²) in [4.78, 5) is 26.2. The molecule has 172 valence electrons. The summed E-state index contributed by atoms with van der Waals surface area (Å²) in [5, 5.41) is 0. The van der Waals surface area contributed by atoms with E-state index in [0.717, 1.165) is 24.8 Å². The Bertz CT molecular complexity index is 1080. The van der Waals surface area contributed by atoms with Gasteiger partial charge in [0.25, 0.3) is 5.91 Å². The van der Waals surface area contributed by atoms with Crippen molar-refractivity contribution in [3.05, 3.63) is 65.0 Å². The number of amides is 1. The van der Waals surface area contributed by atoms with Gasteiger partial charge in [0.1, 0.15) is 5.82 Å². The molecule has 2 aromatic rings. The van der Waals surface area contributed by atoms with Crippen molar-refractivity contribution in [1.82, 2.24) is 9.21 Å². The summed E-state index contributed by atoms with van der Waals surface area (Å²) in [6.45, 7) is 2.36. The van der Waals surface area contributed by atoms with Crippen LogP contribution in [0.5, 0.6) is 0 Å². The number of sulfonamides is 1. The highest BCUT2D eigenvalue weighted by atomic mass is 32.2. The number of carbonyl (C=O) groups is 2. The molecule has 0 saturated carbocycles. The van der Waals surface area contributed by atoms with Crippen LogP contribution in [0.4, 0.5) is 4.39 Å². The Balaban J connectivity index is 1.64. The topological polar surface area (TPSA) is 84.0 Å². The maximum Gasteiger partial charge on any atom is 0.338 e. The Hall–Kier alpha value is -2.78. The fourth-order valence-corrected chi connectivity index (χ4v) is 5.29. The highest BCUT2D eigenvalue weighted by Crippen LogP contribution is 2.24. The second-order valence-electron chi connectivity index (χ2n) is 7.90. The van der Waals surface area contributed by atoms with Gasteiger partial charge in [-0.3, -0.25) is 4.79 Å². The molecular weight excluding hydrogens is 435 g/mol. The van der Waals surface area contributed by atoms with Crippen molar-refractivity contribution in [3.8, 4) is 0 Å². The number of benzene rings is 2. The number of ether oxygens (including phenoxy) is 1. The normalized spacial score (nSPS) is 14.7. The average Bonchev–Trinajstić information content (AvgIpc) is 2.79. The van der Waals surface area contributed by atoms with Gasteiger partial charge >= 0.3 is 5.97 Å². The zero-order valence-electron chi connectivity index (χ0n) is 18.2. The van der Waals surface area contributed by atoms with Gasteiger partial charge in [0.15, 0.2) is 6.61 Å². The van der Waals surface area contributed by atoms with Gasteiger partial charge in [0.05, 0.1) is 10.5 Å². The zero-order chi connectivity index (χ0) is 23.3. The predicted molar refractivity (Wildman–Crippen MR) is 117 cm³/mol. The van der Waals surface area contributed by atoms with E-state index < -0.39 is 28.5 Å². The molecule has 0 aliphatic carbocycles. The van der Waals surface area contributed by atoms with Gasteiger partial charge in [-0.1, -0.05) is 24.6 Å². The van der Waals surface area contributed by atoms with Crippen LogP contribution >= 0.6 is 0 Å². The van der Waals surface area contributed by atoms with Crippen LogP contribution in [0.1, 0.15) is 40.7 Å². The summed E-state index contributed by atoms with van der Waals surface area (Å²) < 4.78 is 45.6. The molecule has 0 spiro atoms. The summed E-state index contributed by atoms with van der Waals surface area (Å²) in [6, 6.07) is 10.1.